The first kappa shape index (κ1) is 15.8. The van der Waals surface area contributed by atoms with E-state index in [9.17, 15) is 4.79 Å². The van der Waals surface area contributed by atoms with Gasteiger partial charge in [-0.15, -0.1) is 0 Å². The van der Waals surface area contributed by atoms with Crippen LogP contribution in [-0.4, -0.2) is 59.8 Å². The first-order valence-corrected chi connectivity index (χ1v) is 7.55. The normalized spacial score (nSPS) is 18.7. The summed E-state index contributed by atoms with van der Waals surface area (Å²) < 4.78 is 5.41. The topological polar surface area (TPSA) is 53.0 Å². The molecule has 5 heteroatoms. The number of aliphatic hydroxyl groups is 1. The second-order valence-electron chi connectivity index (χ2n) is 5.29. The number of carbonyl (C=O) groups is 1. The summed E-state index contributed by atoms with van der Waals surface area (Å²) in [6, 6.07) is 9.89. The number of likely N-dealkylation sites (tertiary alicyclic amines) is 1. The number of hydrogen-bond acceptors (Lipinski definition) is 4. The predicted molar refractivity (Wildman–Crippen MR) is 80.9 cm³/mol. The Morgan fingerprint density at radius 3 is 2.86 bits per heavy atom. The molecule has 1 aromatic carbocycles. The lowest BCUT2D eigenvalue weighted by Gasteiger charge is -2.27. The van der Waals surface area contributed by atoms with Gasteiger partial charge in [0, 0.05) is 32.2 Å². The van der Waals surface area contributed by atoms with E-state index in [4.69, 9.17) is 9.84 Å². The van der Waals surface area contributed by atoms with Crippen LogP contribution < -0.4 is 0 Å². The molecule has 1 saturated heterocycles. The fourth-order valence-electron chi connectivity index (χ4n) is 2.75. The van der Waals surface area contributed by atoms with Gasteiger partial charge in [0.2, 0.25) is 0 Å². The van der Waals surface area contributed by atoms with Gasteiger partial charge < -0.3 is 14.7 Å². The highest BCUT2D eigenvalue weighted by molar-refractivity contribution is 5.68. The third-order valence-electron chi connectivity index (χ3n) is 3.88. The number of ether oxygens (including phenoxy) is 1. The van der Waals surface area contributed by atoms with Crippen molar-refractivity contribution in [3.8, 4) is 0 Å². The summed E-state index contributed by atoms with van der Waals surface area (Å²) in [5.74, 6) is 0. The minimum absolute atomic E-state index is 0.164. The lowest BCUT2D eigenvalue weighted by Crippen LogP contribution is -2.42. The van der Waals surface area contributed by atoms with Gasteiger partial charge in [0.05, 0.1) is 6.61 Å². The molecule has 0 bridgehead atoms. The molecule has 0 aliphatic carbocycles. The summed E-state index contributed by atoms with van der Waals surface area (Å²) in [7, 11) is 0. The molecule has 0 radical (unpaired) electrons. The molecule has 1 atom stereocenters. The first-order chi connectivity index (χ1) is 10.2. The van der Waals surface area contributed by atoms with Crippen LogP contribution >= 0.6 is 0 Å². The molecule has 5 nitrogen and oxygen atoms in total. The number of benzene rings is 1. The van der Waals surface area contributed by atoms with E-state index in [1.807, 2.05) is 37.3 Å². The van der Waals surface area contributed by atoms with E-state index in [-0.39, 0.29) is 18.7 Å². The zero-order valence-corrected chi connectivity index (χ0v) is 12.6. The van der Waals surface area contributed by atoms with Crippen LogP contribution in [0.5, 0.6) is 0 Å². The van der Waals surface area contributed by atoms with E-state index in [2.05, 4.69) is 4.90 Å². The zero-order valence-electron chi connectivity index (χ0n) is 12.6. The molecular formula is C16H24N2O3. The molecule has 1 amide bonds. The van der Waals surface area contributed by atoms with Crippen molar-refractivity contribution in [2.75, 3.05) is 32.8 Å². The molecule has 0 spiro atoms. The van der Waals surface area contributed by atoms with Crippen LogP contribution in [0.15, 0.2) is 30.3 Å². The van der Waals surface area contributed by atoms with Crippen molar-refractivity contribution in [1.29, 1.82) is 0 Å². The number of aliphatic hydroxyl groups excluding tert-OH is 1. The Labute approximate surface area is 126 Å². The summed E-state index contributed by atoms with van der Waals surface area (Å²) in [5, 5.41) is 8.98. The van der Waals surface area contributed by atoms with Crippen molar-refractivity contribution in [1.82, 2.24) is 9.80 Å². The zero-order chi connectivity index (χ0) is 15.1. The Bertz CT molecular complexity index is 438. The third kappa shape index (κ3) is 4.44. The van der Waals surface area contributed by atoms with Crippen molar-refractivity contribution in [3.05, 3.63) is 35.9 Å². The van der Waals surface area contributed by atoms with Crippen molar-refractivity contribution < 1.29 is 14.6 Å². The monoisotopic (exact) mass is 292 g/mol. The molecule has 1 aliphatic heterocycles. The lowest BCUT2D eigenvalue weighted by atomic mass is 10.2. The maximum absolute atomic E-state index is 12.2. The summed E-state index contributed by atoms with van der Waals surface area (Å²) in [4.78, 5) is 16.2. The molecule has 2 rings (SSSR count). The van der Waals surface area contributed by atoms with Crippen molar-refractivity contribution in [2.45, 2.75) is 26.0 Å². The Balaban J connectivity index is 1.84. The van der Waals surface area contributed by atoms with Crippen molar-refractivity contribution in [3.63, 3.8) is 0 Å². The van der Waals surface area contributed by atoms with Gasteiger partial charge in [-0.05, 0) is 18.9 Å². The molecule has 1 aliphatic rings. The average molecular weight is 292 g/mol. The number of amides is 1. The van der Waals surface area contributed by atoms with Gasteiger partial charge in [0.1, 0.15) is 6.61 Å². The quantitative estimate of drug-likeness (QED) is 0.867. The highest BCUT2D eigenvalue weighted by Crippen LogP contribution is 2.16. The number of β-amino-alcohol motifs (C(OH)–C–C–N with tert-alkyl or cyclic N) is 1. The van der Waals surface area contributed by atoms with E-state index in [1.165, 1.54) is 0 Å². The van der Waals surface area contributed by atoms with Gasteiger partial charge in [-0.3, -0.25) is 4.90 Å². The van der Waals surface area contributed by atoms with Gasteiger partial charge in [-0.25, -0.2) is 4.79 Å². The number of carbonyl (C=O) groups excluding carboxylic acids is 1. The van der Waals surface area contributed by atoms with Crippen LogP contribution in [0.1, 0.15) is 18.9 Å². The number of hydrogen-bond donors (Lipinski definition) is 1. The van der Waals surface area contributed by atoms with E-state index < -0.39 is 0 Å². The largest absolute Gasteiger partial charge is 0.445 e. The van der Waals surface area contributed by atoms with Crippen molar-refractivity contribution >= 4 is 6.09 Å². The molecule has 116 valence electrons. The Morgan fingerprint density at radius 2 is 2.19 bits per heavy atom. The van der Waals surface area contributed by atoms with Gasteiger partial charge in [0.25, 0.3) is 0 Å². The molecule has 21 heavy (non-hydrogen) atoms. The van der Waals surface area contributed by atoms with Gasteiger partial charge >= 0.3 is 6.09 Å². The van der Waals surface area contributed by atoms with Crippen LogP contribution in [0, 0.1) is 0 Å². The van der Waals surface area contributed by atoms with E-state index >= 15 is 0 Å². The Kier molecular flexibility index (Phi) is 6.02. The van der Waals surface area contributed by atoms with Crippen LogP contribution in [0.2, 0.25) is 0 Å². The average Bonchev–Trinajstić information content (AvgIpc) is 2.96. The minimum atomic E-state index is -0.253. The predicted octanol–water partition coefficient (Wildman–Crippen LogP) is 1.71. The van der Waals surface area contributed by atoms with Crippen LogP contribution in [0.25, 0.3) is 0 Å². The van der Waals surface area contributed by atoms with E-state index in [0.717, 1.165) is 25.1 Å². The first-order valence-electron chi connectivity index (χ1n) is 7.55. The number of rotatable bonds is 6. The standard InChI is InChI=1S/C16H24N2O3/c1-2-18(15-8-9-17(12-15)10-11-19)16(20)21-13-14-6-4-3-5-7-14/h3-7,15,19H,2,8-13H2,1H3/t15-/m0/s1. The summed E-state index contributed by atoms with van der Waals surface area (Å²) in [6.45, 7) is 5.50. The maximum atomic E-state index is 12.2. The highest BCUT2D eigenvalue weighted by Gasteiger charge is 2.30. The fourth-order valence-corrected chi connectivity index (χ4v) is 2.75. The van der Waals surface area contributed by atoms with E-state index in [0.29, 0.717) is 19.7 Å². The Hall–Kier alpha value is -1.59. The van der Waals surface area contributed by atoms with Crippen molar-refractivity contribution in [2.24, 2.45) is 0 Å². The minimum Gasteiger partial charge on any atom is -0.445 e. The molecule has 0 saturated carbocycles. The smallest absolute Gasteiger partial charge is 0.410 e. The summed E-state index contributed by atoms with van der Waals surface area (Å²) in [6.07, 6.45) is 0.686. The molecular weight excluding hydrogens is 268 g/mol. The second kappa shape index (κ2) is 8.00. The Morgan fingerprint density at radius 1 is 1.43 bits per heavy atom. The van der Waals surface area contributed by atoms with Crippen LogP contribution in [-0.2, 0) is 11.3 Å². The molecule has 0 unspecified atom stereocenters. The fraction of sp³-hybridized carbons (Fsp3) is 0.562. The van der Waals surface area contributed by atoms with Gasteiger partial charge in [-0.2, -0.15) is 0 Å². The van der Waals surface area contributed by atoms with Crippen LogP contribution in [0.4, 0.5) is 4.79 Å². The molecule has 1 fully saturated rings. The molecule has 1 N–H and O–H groups in total. The maximum Gasteiger partial charge on any atom is 0.410 e. The van der Waals surface area contributed by atoms with Gasteiger partial charge in [0.15, 0.2) is 0 Å². The highest BCUT2D eigenvalue weighted by atomic mass is 16.6. The third-order valence-corrected chi connectivity index (χ3v) is 3.88. The van der Waals surface area contributed by atoms with Gasteiger partial charge in [-0.1, -0.05) is 30.3 Å². The second-order valence-corrected chi connectivity index (χ2v) is 5.29. The molecule has 1 aromatic rings. The lowest BCUT2D eigenvalue weighted by molar-refractivity contribution is 0.0829. The number of nitrogens with zero attached hydrogens (tertiary/aromatic N) is 2. The summed E-state index contributed by atoms with van der Waals surface area (Å²) in [5.41, 5.74) is 0.996. The summed E-state index contributed by atoms with van der Waals surface area (Å²) >= 11 is 0. The SMILES string of the molecule is CCN(C(=O)OCc1ccccc1)[C@H]1CCN(CCO)C1. The molecule has 0 aromatic heterocycles. The molecule has 1 heterocycles. The number of likely N-dealkylation sites (N-methyl/N-ethyl adjacent to an activating group) is 1. The van der Waals surface area contributed by atoms with Crippen LogP contribution in [0.3, 0.4) is 0 Å². The van der Waals surface area contributed by atoms with E-state index in [1.54, 1.807) is 4.90 Å².